The van der Waals surface area contributed by atoms with Gasteiger partial charge in [0, 0.05) is 27.3 Å². The lowest BCUT2D eigenvalue weighted by Crippen LogP contribution is -2.51. The molecular formula is C32H18ClFO5. The van der Waals surface area contributed by atoms with Gasteiger partial charge in [0.25, 0.3) is 0 Å². The van der Waals surface area contributed by atoms with Crippen molar-refractivity contribution >= 4 is 34.7 Å². The molecule has 5 nitrogen and oxygen atoms in total. The minimum Gasteiger partial charge on any atom is -0.348 e. The molecule has 1 aliphatic heterocycles. The van der Waals surface area contributed by atoms with Crippen LogP contribution in [0.5, 0.6) is 0 Å². The van der Waals surface area contributed by atoms with Crippen molar-refractivity contribution in [1.29, 1.82) is 0 Å². The van der Waals surface area contributed by atoms with Crippen LogP contribution >= 0.6 is 11.6 Å². The molecule has 1 saturated heterocycles. The summed E-state index contributed by atoms with van der Waals surface area (Å²) >= 11 is 6.15. The Balaban J connectivity index is 1.59. The molecule has 2 spiro atoms. The lowest BCUT2D eigenvalue weighted by atomic mass is 9.60. The predicted octanol–water partition coefficient (Wildman–Crippen LogP) is 6.22. The van der Waals surface area contributed by atoms with Crippen LogP contribution in [0.25, 0.3) is 0 Å². The van der Waals surface area contributed by atoms with Crippen LogP contribution in [-0.4, -0.2) is 28.7 Å². The molecule has 0 amide bonds. The Morgan fingerprint density at radius 2 is 1.03 bits per heavy atom. The summed E-state index contributed by atoms with van der Waals surface area (Å²) in [5, 5.41) is 0.420. The highest BCUT2D eigenvalue weighted by Crippen LogP contribution is 2.67. The Hall–Kier alpha value is -4.26. The second-order valence-electron chi connectivity index (χ2n) is 10.0. The van der Waals surface area contributed by atoms with E-state index < -0.39 is 52.0 Å². The van der Waals surface area contributed by atoms with Gasteiger partial charge in [-0.15, -0.1) is 0 Å². The normalized spacial score (nSPS) is 22.1. The Kier molecular flexibility index (Phi) is 4.96. The third kappa shape index (κ3) is 2.87. The summed E-state index contributed by atoms with van der Waals surface area (Å²) in [5.41, 5.74) is -2.88. The van der Waals surface area contributed by atoms with Crippen molar-refractivity contribution < 1.29 is 28.3 Å². The molecule has 7 rings (SSSR count). The second kappa shape index (κ2) is 8.12. The van der Waals surface area contributed by atoms with E-state index in [1.54, 1.807) is 60.7 Å². The van der Waals surface area contributed by atoms with Crippen molar-refractivity contribution in [3.05, 3.63) is 141 Å². The van der Waals surface area contributed by atoms with Crippen LogP contribution in [0.4, 0.5) is 4.39 Å². The number of ether oxygens (including phenoxy) is 1. The van der Waals surface area contributed by atoms with Crippen LogP contribution in [0.2, 0.25) is 5.02 Å². The second-order valence-corrected chi connectivity index (χ2v) is 10.5. The van der Waals surface area contributed by atoms with Crippen LogP contribution in [-0.2, 0) is 4.74 Å². The van der Waals surface area contributed by atoms with Gasteiger partial charge in [0.2, 0.25) is 17.2 Å². The first-order valence-corrected chi connectivity index (χ1v) is 12.8. The van der Waals surface area contributed by atoms with Crippen molar-refractivity contribution in [3.63, 3.8) is 0 Å². The molecule has 3 aliphatic rings. The van der Waals surface area contributed by atoms with Gasteiger partial charge < -0.3 is 4.74 Å². The Morgan fingerprint density at radius 3 is 1.51 bits per heavy atom. The largest absolute Gasteiger partial charge is 0.348 e. The molecule has 1 fully saturated rings. The number of carbonyl (C=O) groups is 4. The lowest BCUT2D eigenvalue weighted by molar-refractivity contribution is -0.0210. The van der Waals surface area contributed by atoms with Gasteiger partial charge in [-0.05, 0) is 35.4 Å². The van der Waals surface area contributed by atoms with Crippen LogP contribution in [0.1, 0.15) is 64.6 Å². The van der Waals surface area contributed by atoms with Crippen LogP contribution in [0.3, 0.4) is 0 Å². The summed E-state index contributed by atoms with van der Waals surface area (Å²) in [6.45, 7) is 0. The molecule has 0 radical (unpaired) electrons. The van der Waals surface area contributed by atoms with E-state index in [4.69, 9.17) is 16.3 Å². The maximum atomic E-state index is 14.5. The zero-order valence-corrected chi connectivity index (χ0v) is 20.9. The van der Waals surface area contributed by atoms with E-state index in [0.29, 0.717) is 10.6 Å². The van der Waals surface area contributed by atoms with E-state index in [-0.39, 0.29) is 27.8 Å². The minimum atomic E-state index is -2.22. The highest BCUT2D eigenvalue weighted by atomic mass is 35.5. The molecule has 1 heterocycles. The van der Waals surface area contributed by atoms with E-state index in [2.05, 4.69) is 0 Å². The van der Waals surface area contributed by atoms with Gasteiger partial charge >= 0.3 is 0 Å². The van der Waals surface area contributed by atoms with Gasteiger partial charge in [-0.25, -0.2) is 4.39 Å². The molecule has 0 N–H and O–H groups in total. The topological polar surface area (TPSA) is 77.5 Å². The van der Waals surface area contributed by atoms with E-state index in [1.807, 2.05) is 0 Å². The van der Waals surface area contributed by atoms with Gasteiger partial charge in [0.1, 0.15) is 17.3 Å². The predicted molar refractivity (Wildman–Crippen MR) is 140 cm³/mol. The lowest BCUT2D eigenvalue weighted by Gasteiger charge is -2.34. The molecule has 0 aromatic heterocycles. The zero-order chi connectivity index (χ0) is 27.1. The number of Topliss-reactive ketones (excluding diaryl/α,β-unsaturated/α-hetero) is 4. The van der Waals surface area contributed by atoms with Crippen LogP contribution in [0, 0.1) is 11.2 Å². The number of hydrogen-bond donors (Lipinski definition) is 0. The number of rotatable bonds is 2. The fourth-order valence-corrected chi connectivity index (χ4v) is 6.75. The van der Waals surface area contributed by atoms with E-state index in [0.717, 1.165) is 0 Å². The molecule has 2 aliphatic carbocycles. The van der Waals surface area contributed by atoms with Crippen molar-refractivity contribution in [3.8, 4) is 0 Å². The van der Waals surface area contributed by atoms with E-state index in [1.165, 1.54) is 36.4 Å². The number of halogens is 2. The van der Waals surface area contributed by atoms with Crippen molar-refractivity contribution in [2.24, 2.45) is 5.41 Å². The smallest absolute Gasteiger partial charge is 0.204 e. The fraction of sp³-hybridized carbons (Fsp3) is 0.125. The monoisotopic (exact) mass is 536 g/mol. The Morgan fingerprint density at radius 1 is 0.590 bits per heavy atom. The molecule has 4 aromatic carbocycles. The first kappa shape index (κ1) is 23.8. The van der Waals surface area contributed by atoms with E-state index in [9.17, 15) is 23.6 Å². The van der Waals surface area contributed by atoms with Gasteiger partial charge in [0.05, 0.1) is 5.92 Å². The molecule has 0 bridgehead atoms. The molecule has 39 heavy (non-hydrogen) atoms. The third-order valence-corrected chi connectivity index (χ3v) is 8.47. The molecule has 2 atom stereocenters. The average molecular weight is 537 g/mol. The maximum absolute atomic E-state index is 14.5. The van der Waals surface area contributed by atoms with Gasteiger partial charge in [-0.2, -0.15) is 0 Å². The van der Waals surface area contributed by atoms with Gasteiger partial charge in [0.15, 0.2) is 11.6 Å². The van der Waals surface area contributed by atoms with Gasteiger partial charge in [-0.3, -0.25) is 19.2 Å². The zero-order valence-electron chi connectivity index (χ0n) is 20.2. The molecular weight excluding hydrogens is 519 g/mol. The first-order valence-electron chi connectivity index (χ1n) is 12.4. The number of benzene rings is 4. The van der Waals surface area contributed by atoms with E-state index >= 15 is 0 Å². The van der Waals surface area contributed by atoms with Gasteiger partial charge in [-0.1, -0.05) is 84.4 Å². The Labute approximate surface area is 227 Å². The standard InChI is InChI=1S/C32H18ClFO5/c33-19-13-9-18(10-14-19)30-31(26(35)21-5-1-2-6-22(21)27(31)36)25(17-11-15-20(34)16-12-17)32(39-30)28(37)23-7-3-4-8-24(23)29(32)38/h1-16,25,30H/t25-,30-/m0/s1. The fourth-order valence-electron chi connectivity index (χ4n) is 6.62. The molecule has 4 aromatic rings. The maximum Gasteiger partial charge on any atom is 0.204 e. The molecule has 0 unspecified atom stereocenters. The number of carbonyl (C=O) groups excluding carboxylic acids is 4. The summed E-state index contributed by atoms with van der Waals surface area (Å²) in [7, 11) is 0. The number of hydrogen-bond acceptors (Lipinski definition) is 5. The summed E-state index contributed by atoms with van der Waals surface area (Å²) in [6.07, 6.45) is -1.31. The van der Waals surface area contributed by atoms with Crippen molar-refractivity contribution in [2.75, 3.05) is 0 Å². The summed E-state index contributed by atoms with van der Waals surface area (Å²) in [6, 6.07) is 24.4. The summed E-state index contributed by atoms with van der Waals surface area (Å²) in [5.74, 6) is -4.29. The summed E-state index contributed by atoms with van der Waals surface area (Å²) < 4.78 is 20.7. The van der Waals surface area contributed by atoms with Crippen LogP contribution < -0.4 is 0 Å². The Bertz CT molecular complexity index is 1670. The first-order chi connectivity index (χ1) is 18.8. The number of ketones is 4. The SMILES string of the molecule is O=C1c2ccccc2C(=O)C12O[C@@H](c1ccc(Cl)cc1)C1(C(=O)c3ccccc3C1=O)[C@@H]2c1ccc(F)cc1. The number of fused-ring (bicyclic) bond motifs is 2. The highest BCUT2D eigenvalue weighted by Gasteiger charge is 2.79. The van der Waals surface area contributed by atoms with Crippen molar-refractivity contribution in [1.82, 2.24) is 0 Å². The minimum absolute atomic E-state index is 0.150. The van der Waals surface area contributed by atoms with Crippen LogP contribution in [0.15, 0.2) is 97.1 Å². The molecule has 0 saturated carbocycles. The molecule has 7 heteroatoms. The van der Waals surface area contributed by atoms with Crippen molar-refractivity contribution in [2.45, 2.75) is 17.6 Å². The summed E-state index contributed by atoms with van der Waals surface area (Å²) in [4.78, 5) is 57.6. The molecule has 190 valence electrons. The average Bonchev–Trinajstić information content (AvgIpc) is 3.48. The third-order valence-electron chi connectivity index (χ3n) is 8.21. The quantitative estimate of drug-likeness (QED) is 0.284. The highest BCUT2D eigenvalue weighted by molar-refractivity contribution is 6.37.